The first-order valence-corrected chi connectivity index (χ1v) is 10.8. The van der Waals surface area contributed by atoms with E-state index in [4.69, 9.17) is 9.73 Å². The van der Waals surface area contributed by atoms with Crippen LogP contribution in [0, 0.1) is 20.8 Å². The Balaban J connectivity index is 1.45. The van der Waals surface area contributed by atoms with Gasteiger partial charge in [-0.05, 0) is 49.6 Å². The highest BCUT2D eigenvalue weighted by Crippen LogP contribution is 2.32. The van der Waals surface area contributed by atoms with Gasteiger partial charge in [0.1, 0.15) is 12.4 Å². The second-order valence-electron chi connectivity index (χ2n) is 7.48. The molecule has 2 aromatic carbocycles. The molecule has 0 unspecified atom stereocenters. The molecular formula is C23H24N4O2S. The van der Waals surface area contributed by atoms with Crippen LogP contribution in [0.15, 0.2) is 46.5 Å². The number of para-hydroxylation sites is 1. The molecule has 0 amide bonds. The molecule has 0 radical (unpaired) electrons. The number of ether oxygens (including phenoxy) is 1. The minimum atomic E-state index is 0.129. The van der Waals surface area contributed by atoms with Gasteiger partial charge in [-0.25, -0.2) is 0 Å². The van der Waals surface area contributed by atoms with Gasteiger partial charge in [-0.2, -0.15) is 0 Å². The lowest BCUT2D eigenvalue weighted by atomic mass is 9.95. The van der Waals surface area contributed by atoms with E-state index in [9.17, 15) is 4.79 Å². The van der Waals surface area contributed by atoms with Crippen molar-refractivity contribution in [2.24, 2.45) is 12.0 Å². The van der Waals surface area contributed by atoms with Crippen molar-refractivity contribution in [3.8, 4) is 5.75 Å². The average molecular weight is 421 g/mol. The number of Topliss-reactive ketones (excluding diaryl/α,β-unsaturated/α-hetero) is 1. The highest BCUT2D eigenvalue weighted by atomic mass is 32.2. The maximum Gasteiger partial charge on any atom is 0.191 e. The molecule has 3 aromatic rings. The third-order valence-electron chi connectivity index (χ3n) is 5.38. The smallest absolute Gasteiger partial charge is 0.191 e. The SMILES string of the molecule is Cc1ccccc1OCc1nnc(SCC2=Nc3c(ccc(C)c3C)C(=O)C2)n1C. The average Bonchev–Trinajstić information content (AvgIpc) is 3.08. The van der Waals surface area contributed by atoms with Crippen LogP contribution >= 0.6 is 11.8 Å². The summed E-state index contributed by atoms with van der Waals surface area (Å²) < 4.78 is 7.82. The third kappa shape index (κ3) is 4.03. The standard InChI is InChI=1S/C23H24N4O2S/c1-14-9-10-18-19(28)11-17(24-22(18)16(14)3)13-30-23-26-25-21(27(23)4)12-29-20-8-6-5-7-15(20)2/h5-10H,11-13H2,1-4H3. The largest absolute Gasteiger partial charge is 0.485 e. The highest BCUT2D eigenvalue weighted by molar-refractivity contribution is 7.99. The summed E-state index contributed by atoms with van der Waals surface area (Å²) in [5.41, 5.74) is 5.70. The Morgan fingerprint density at radius 3 is 2.67 bits per heavy atom. The molecule has 0 saturated heterocycles. The highest BCUT2D eigenvalue weighted by Gasteiger charge is 2.22. The van der Waals surface area contributed by atoms with Gasteiger partial charge in [0.2, 0.25) is 0 Å². The number of ketones is 1. The zero-order valence-electron chi connectivity index (χ0n) is 17.6. The first-order chi connectivity index (χ1) is 14.4. The van der Waals surface area contributed by atoms with E-state index in [2.05, 4.69) is 10.2 Å². The third-order valence-corrected chi connectivity index (χ3v) is 6.47. The number of benzene rings is 2. The molecule has 2 heterocycles. The van der Waals surface area contributed by atoms with Crippen LogP contribution in [0.1, 0.15) is 39.3 Å². The van der Waals surface area contributed by atoms with Crippen molar-refractivity contribution in [3.63, 3.8) is 0 Å². The number of hydrogen-bond acceptors (Lipinski definition) is 6. The van der Waals surface area contributed by atoms with Gasteiger partial charge in [0.15, 0.2) is 16.8 Å². The Morgan fingerprint density at radius 2 is 1.87 bits per heavy atom. The van der Waals surface area contributed by atoms with Gasteiger partial charge in [0.25, 0.3) is 0 Å². The van der Waals surface area contributed by atoms with E-state index in [-0.39, 0.29) is 5.78 Å². The molecule has 0 aliphatic carbocycles. The van der Waals surface area contributed by atoms with E-state index in [1.807, 2.05) is 68.8 Å². The number of aliphatic imine (C=N–C) groups is 1. The number of aromatic nitrogens is 3. The van der Waals surface area contributed by atoms with Crippen LogP contribution in [0.4, 0.5) is 5.69 Å². The topological polar surface area (TPSA) is 69.4 Å². The Hall–Kier alpha value is -2.93. The minimum Gasteiger partial charge on any atom is -0.485 e. The van der Waals surface area contributed by atoms with E-state index in [1.165, 1.54) is 11.8 Å². The summed E-state index contributed by atoms with van der Waals surface area (Å²) in [6.45, 7) is 6.42. The summed E-state index contributed by atoms with van der Waals surface area (Å²) in [5, 5.41) is 9.33. The van der Waals surface area contributed by atoms with E-state index in [0.717, 1.165) is 50.4 Å². The van der Waals surface area contributed by atoms with Crippen LogP contribution in [0.25, 0.3) is 0 Å². The van der Waals surface area contributed by atoms with Gasteiger partial charge >= 0.3 is 0 Å². The van der Waals surface area contributed by atoms with Crippen LogP contribution in [-0.2, 0) is 13.7 Å². The molecular weight excluding hydrogens is 396 g/mol. The van der Waals surface area contributed by atoms with Crippen LogP contribution < -0.4 is 4.74 Å². The number of thioether (sulfide) groups is 1. The summed E-state index contributed by atoms with van der Waals surface area (Å²) in [6.07, 6.45) is 0.351. The van der Waals surface area contributed by atoms with Crippen LogP contribution in [0.2, 0.25) is 0 Å². The maximum absolute atomic E-state index is 12.5. The van der Waals surface area contributed by atoms with Gasteiger partial charge in [0.05, 0.1) is 12.1 Å². The fraction of sp³-hybridized carbons (Fsp3) is 0.304. The monoisotopic (exact) mass is 420 g/mol. The van der Waals surface area contributed by atoms with Gasteiger partial charge < -0.3 is 9.30 Å². The van der Waals surface area contributed by atoms with Gasteiger partial charge in [-0.3, -0.25) is 9.79 Å². The number of hydrogen-bond donors (Lipinski definition) is 0. The number of carbonyl (C=O) groups excluding carboxylic acids is 1. The Kier molecular flexibility index (Phi) is 5.72. The molecule has 154 valence electrons. The first kappa shape index (κ1) is 20.3. The lowest BCUT2D eigenvalue weighted by Crippen LogP contribution is -2.16. The lowest BCUT2D eigenvalue weighted by molar-refractivity contribution is 0.0999. The minimum absolute atomic E-state index is 0.129. The molecule has 0 fully saturated rings. The van der Waals surface area contributed by atoms with Gasteiger partial charge in [0, 0.05) is 24.1 Å². The van der Waals surface area contributed by atoms with Crippen molar-refractivity contribution in [3.05, 3.63) is 64.5 Å². The van der Waals surface area contributed by atoms with Crippen molar-refractivity contribution in [2.45, 2.75) is 39.0 Å². The summed E-state index contributed by atoms with van der Waals surface area (Å²) in [4.78, 5) is 17.3. The van der Waals surface area contributed by atoms with E-state index in [0.29, 0.717) is 18.8 Å². The second kappa shape index (κ2) is 8.44. The number of carbonyl (C=O) groups is 1. The van der Waals surface area contributed by atoms with Crippen molar-refractivity contribution >= 4 is 28.9 Å². The molecule has 0 N–H and O–H groups in total. The molecule has 1 aromatic heterocycles. The number of fused-ring (bicyclic) bond motifs is 1. The summed E-state index contributed by atoms with van der Waals surface area (Å²) >= 11 is 1.54. The second-order valence-corrected chi connectivity index (χ2v) is 8.42. The molecule has 1 aliphatic rings. The Morgan fingerprint density at radius 1 is 1.07 bits per heavy atom. The van der Waals surface area contributed by atoms with Crippen LogP contribution in [0.5, 0.6) is 5.75 Å². The van der Waals surface area contributed by atoms with Crippen LogP contribution in [0.3, 0.4) is 0 Å². The Bertz CT molecular complexity index is 1150. The van der Waals surface area contributed by atoms with Crippen molar-refractivity contribution in [1.82, 2.24) is 14.8 Å². The maximum atomic E-state index is 12.5. The molecule has 4 rings (SSSR count). The molecule has 7 heteroatoms. The quantitative estimate of drug-likeness (QED) is 0.537. The number of nitrogens with zero attached hydrogens (tertiary/aromatic N) is 4. The number of rotatable bonds is 6. The van der Waals surface area contributed by atoms with Gasteiger partial charge in [-0.1, -0.05) is 36.0 Å². The summed E-state index contributed by atoms with van der Waals surface area (Å²) in [5.74, 6) is 2.32. The lowest BCUT2D eigenvalue weighted by Gasteiger charge is -2.17. The van der Waals surface area contributed by atoms with E-state index in [1.54, 1.807) is 0 Å². The van der Waals surface area contributed by atoms with E-state index >= 15 is 0 Å². The zero-order valence-corrected chi connectivity index (χ0v) is 18.4. The van der Waals surface area contributed by atoms with E-state index < -0.39 is 0 Å². The van der Waals surface area contributed by atoms with Crippen molar-refractivity contribution < 1.29 is 9.53 Å². The van der Waals surface area contributed by atoms with Crippen molar-refractivity contribution in [1.29, 1.82) is 0 Å². The number of aryl methyl sites for hydroxylation is 2. The fourth-order valence-electron chi connectivity index (χ4n) is 3.34. The summed E-state index contributed by atoms with van der Waals surface area (Å²) in [6, 6.07) is 11.8. The zero-order chi connectivity index (χ0) is 21.3. The molecule has 0 atom stereocenters. The predicted molar refractivity (Wildman–Crippen MR) is 119 cm³/mol. The first-order valence-electron chi connectivity index (χ1n) is 9.83. The van der Waals surface area contributed by atoms with Crippen molar-refractivity contribution in [2.75, 3.05) is 5.75 Å². The fourth-order valence-corrected chi connectivity index (χ4v) is 4.20. The molecule has 0 bridgehead atoms. The Labute approximate surface area is 180 Å². The molecule has 30 heavy (non-hydrogen) atoms. The molecule has 1 aliphatic heterocycles. The van der Waals surface area contributed by atoms with Gasteiger partial charge in [-0.15, -0.1) is 10.2 Å². The molecule has 0 spiro atoms. The predicted octanol–water partition coefficient (Wildman–Crippen LogP) is 4.77. The summed E-state index contributed by atoms with van der Waals surface area (Å²) in [7, 11) is 1.93. The van der Waals surface area contributed by atoms with Crippen LogP contribution in [-0.4, -0.2) is 32.0 Å². The molecule has 0 saturated carbocycles. The normalized spacial score (nSPS) is 13.2. The molecule has 6 nitrogen and oxygen atoms in total.